The number of piperidine rings is 1. The van der Waals surface area contributed by atoms with Gasteiger partial charge >= 0.3 is 0 Å². The number of hydrogen-bond acceptors (Lipinski definition) is 5. The number of carbonyl (C=O) groups is 1. The molecule has 8 nitrogen and oxygen atoms in total. The molecule has 1 amide bonds. The zero-order valence-electron chi connectivity index (χ0n) is 18.9. The monoisotopic (exact) mass is 451 g/mol. The molecule has 1 saturated carbocycles. The number of rotatable bonds is 5. The van der Waals surface area contributed by atoms with Gasteiger partial charge in [0.05, 0.1) is 12.2 Å². The second-order valence-corrected chi connectivity index (χ2v) is 11.5. The van der Waals surface area contributed by atoms with Gasteiger partial charge in [-0.1, -0.05) is 19.3 Å². The SMILES string of the molecule is CC(C)n1cnc(S(=O)(=O)N2CCC[C@H](C(=O)N3CCN(C4CCCCC4)CC3)C2)c1. The third-order valence-electron chi connectivity index (χ3n) is 7.23. The van der Waals surface area contributed by atoms with Crippen molar-refractivity contribution in [3.63, 3.8) is 0 Å². The maximum absolute atomic E-state index is 13.2. The van der Waals surface area contributed by atoms with E-state index in [1.807, 2.05) is 18.7 Å². The highest BCUT2D eigenvalue weighted by Crippen LogP contribution is 2.27. The average Bonchev–Trinajstić information content (AvgIpc) is 3.31. The highest BCUT2D eigenvalue weighted by Gasteiger charge is 2.37. The minimum atomic E-state index is -3.67. The first-order valence-corrected chi connectivity index (χ1v) is 13.4. The summed E-state index contributed by atoms with van der Waals surface area (Å²) in [5, 5.41) is 0.0791. The van der Waals surface area contributed by atoms with Crippen LogP contribution in [0.5, 0.6) is 0 Å². The number of carbonyl (C=O) groups excluding carboxylic acids is 1. The number of imidazole rings is 1. The lowest BCUT2D eigenvalue weighted by Crippen LogP contribution is -2.55. The van der Waals surface area contributed by atoms with E-state index < -0.39 is 10.0 Å². The van der Waals surface area contributed by atoms with Crippen molar-refractivity contribution in [2.45, 2.75) is 75.9 Å². The Kier molecular flexibility index (Phi) is 7.03. The molecule has 0 unspecified atom stereocenters. The van der Waals surface area contributed by atoms with Crippen LogP contribution in [0, 0.1) is 5.92 Å². The van der Waals surface area contributed by atoms with E-state index >= 15 is 0 Å². The van der Waals surface area contributed by atoms with Gasteiger partial charge in [-0.2, -0.15) is 4.31 Å². The highest BCUT2D eigenvalue weighted by molar-refractivity contribution is 7.89. The zero-order chi connectivity index (χ0) is 22.0. The number of hydrogen-bond donors (Lipinski definition) is 0. The van der Waals surface area contributed by atoms with Gasteiger partial charge in [-0.25, -0.2) is 13.4 Å². The molecule has 3 fully saturated rings. The molecule has 1 aliphatic carbocycles. The third-order valence-corrected chi connectivity index (χ3v) is 8.98. The molecule has 31 heavy (non-hydrogen) atoms. The van der Waals surface area contributed by atoms with Gasteiger partial charge in [0, 0.05) is 57.5 Å². The van der Waals surface area contributed by atoms with E-state index in [9.17, 15) is 13.2 Å². The van der Waals surface area contributed by atoms with E-state index in [0.29, 0.717) is 19.0 Å². The van der Waals surface area contributed by atoms with Crippen LogP contribution in [0.25, 0.3) is 0 Å². The number of piperazine rings is 1. The molecule has 9 heteroatoms. The van der Waals surface area contributed by atoms with Gasteiger partial charge < -0.3 is 9.47 Å². The quantitative estimate of drug-likeness (QED) is 0.687. The van der Waals surface area contributed by atoms with Crippen LogP contribution in [0.1, 0.15) is 64.8 Å². The maximum Gasteiger partial charge on any atom is 0.262 e. The molecule has 4 rings (SSSR count). The van der Waals surface area contributed by atoms with Crippen molar-refractivity contribution in [1.29, 1.82) is 0 Å². The first kappa shape index (κ1) is 22.7. The smallest absolute Gasteiger partial charge is 0.262 e. The molecular weight excluding hydrogens is 414 g/mol. The number of amides is 1. The Hall–Kier alpha value is -1.45. The molecule has 1 aromatic rings. The molecule has 0 N–H and O–H groups in total. The second-order valence-electron chi connectivity index (χ2n) is 9.61. The Bertz CT molecular complexity index is 854. The lowest BCUT2D eigenvalue weighted by Gasteiger charge is -2.42. The summed E-state index contributed by atoms with van der Waals surface area (Å²) in [7, 11) is -3.67. The lowest BCUT2D eigenvalue weighted by molar-refractivity contribution is -0.138. The maximum atomic E-state index is 13.2. The van der Waals surface area contributed by atoms with Gasteiger partial charge in [0.25, 0.3) is 10.0 Å². The van der Waals surface area contributed by atoms with Crippen molar-refractivity contribution in [3.05, 3.63) is 12.5 Å². The highest BCUT2D eigenvalue weighted by atomic mass is 32.2. The Morgan fingerprint density at radius 2 is 1.71 bits per heavy atom. The molecule has 174 valence electrons. The van der Waals surface area contributed by atoms with E-state index in [2.05, 4.69) is 9.88 Å². The van der Waals surface area contributed by atoms with Crippen molar-refractivity contribution in [2.24, 2.45) is 5.92 Å². The summed E-state index contributed by atoms with van der Waals surface area (Å²) < 4.78 is 29.5. The van der Waals surface area contributed by atoms with Crippen molar-refractivity contribution < 1.29 is 13.2 Å². The molecular formula is C22H37N5O3S. The topological polar surface area (TPSA) is 78.8 Å². The molecule has 1 aromatic heterocycles. The van der Waals surface area contributed by atoms with Crippen molar-refractivity contribution in [1.82, 2.24) is 23.7 Å². The number of nitrogens with zero attached hydrogens (tertiary/aromatic N) is 5. The molecule has 1 atom stereocenters. The molecule has 0 spiro atoms. The minimum absolute atomic E-state index is 0.0791. The van der Waals surface area contributed by atoms with Crippen molar-refractivity contribution in [3.8, 4) is 0 Å². The largest absolute Gasteiger partial charge is 0.340 e. The molecule has 2 aliphatic heterocycles. The van der Waals surface area contributed by atoms with E-state index in [4.69, 9.17) is 0 Å². The average molecular weight is 452 g/mol. The van der Waals surface area contributed by atoms with Crippen LogP contribution in [0.15, 0.2) is 17.6 Å². The Labute approximate surface area is 186 Å². The lowest BCUT2D eigenvalue weighted by atomic mass is 9.93. The van der Waals surface area contributed by atoms with Gasteiger partial charge in [0.1, 0.15) is 0 Å². The van der Waals surface area contributed by atoms with Crippen LogP contribution >= 0.6 is 0 Å². The van der Waals surface area contributed by atoms with E-state index in [-0.39, 0.29) is 29.4 Å². The van der Waals surface area contributed by atoms with Crippen LogP contribution in [-0.4, -0.2) is 83.3 Å². The third kappa shape index (κ3) is 4.98. The molecule has 0 aromatic carbocycles. The first-order chi connectivity index (χ1) is 14.9. The Morgan fingerprint density at radius 1 is 1.00 bits per heavy atom. The minimum Gasteiger partial charge on any atom is -0.340 e. The second kappa shape index (κ2) is 9.58. The van der Waals surface area contributed by atoms with Gasteiger partial charge in [-0.05, 0) is 39.5 Å². The summed E-state index contributed by atoms with van der Waals surface area (Å²) >= 11 is 0. The van der Waals surface area contributed by atoms with Crippen LogP contribution in [0.2, 0.25) is 0 Å². The molecule has 2 saturated heterocycles. The van der Waals surface area contributed by atoms with Crippen LogP contribution in [0.3, 0.4) is 0 Å². The number of sulfonamides is 1. The molecule has 0 radical (unpaired) electrons. The number of aromatic nitrogens is 2. The summed E-state index contributed by atoms with van der Waals surface area (Å²) in [5.41, 5.74) is 0. The van der Waals surface area contributed by atoms with Gasteiger partial charge in [-0.3, -0.25) is 9.69 Å². The van der Waals surface area contributed by atoms with Crippen LogP contribution in [-0.2, 0) is 14.8 Å². The van der Waals surface area contributed by atoms with E-state index in [0.717, 1.165) is 32.6 Å². The van der Waals surface area contributed by atoms with Crippen molar-refractivity contribution >= 4 is 15.9 Å². The van der Waals surface area contributed by atoms with Gasteiger partial charge in [0.2, 0.25) is 5.91 Å². The Balaban J connectivity index is 1.35. The predicted octanol–water partition coefficient (Wildman–Crippen LogP) is 2.34. The normalized spacial score (nSPS) is 25.3. The standard InChI is InChI=1S/C22H37N5O3S/c1-18(2)26-16-21(23-17-26)31(29,30)27-10-6-7-19(15-27)22(28)25-13-11-24(12-14-25)20-8-4-3-5-9-20/h16-20H,3-15H2,1-2H3/t19-/m0/s1. The summed E-state index contributed by atoms with van der Waals surface area (Å²) in [6, 6.07) is 0.839. The van der Waals surface area contributed by atoms with E-state index in [1.165, 1.54) is 36.4 Å². The molecule has 3 heterocycles. The molecule has 0 bridgehead atoms. The summed E-state index contributed by atoms with van der Waals surface area (Å²) in [6.45, 7) is 8.10. The van der Waals surface area contributed by atoms with Crippen LogP contribution in [0.4, 0.5) is 0 Å². The molecule has 3 aliphatic rings. The zero-order valence-corrected chi connectivity index (χ0v) is 19.8. The van der Waals surface area contributed by atoms with Crippen LogP contribution < -0.4 is 0 Å². The van der Waals surface area contributed by atoms with Gasteiger partial charge in [-0.15, -0.1) is 0 Å². The predicted molar refractivity (Wildman–Crippen MR) is 119 cm³/mol. The Morgan fingerprint density at radius 3 is 2.35 bits per heavy atom. The van der Waals surface area contributed by atoms with Crippen molar-refractivity contribution in [2.75, 3.05) is 39.3 Å². The fourth-order valence-electron chi connectivity index (χ4n) is 5.24. The van der Waals surface area contributed by atoms with Gasteiger partial charge in [0.15, 0.2) is 5.03 Å². The fourth-order valence-corrected chi connectivity index (χ4v) is 6.69. The fraction of sp³-hybridized carbons (Fsp3) is 0.818. The van der Waals surface area contributed by atoms with E-state index in [1.54, 1.807) is 17.1 Å². The summed E-state index contributed by atoms with van der Waals surface area (Å²) in [4.78, 5) is 21.9. The summed E-state index contributed by atoms with van der Waals surface area (Å²) in [5.74, 6) is -0.132. The first-order valence-electron chi connectivity index (χ1n) is 11.9. The summed E-state index contributed by atoms with van der Waals surface area (Å²) in [6.07, 6.45) is 11.2.